The van der Waals surface area contributed by atoms with Crippen molar-refractivity contribution in [2.24, 2.45) is 5.92 Å². The molecular formula is C18H28N2O. The van der Waals surface area contributed by atoms with E-state index in [1.165, 1.54) is 18.4 Å². The van der Waals surface area contributed by atoms with E-state index in [0.717, 1.165) is 25.7 Å². The molecular weight excluding hydrogens is 260 g/mol. The first-order chi connectivity index (χ1) is 10.2. The van der Waals surface area contributed by atoms with Crippen LogP contribution in [0.1, 0.15) is 64.0 Å². The van der Waals surface area contributed by atoms with Gasteiger partial charge in [0.15, 0.2) is 0 Å². The second kappa shape index (κ2) is 8.06. The summed E-state index contributed by atoms with van der Waals surface area (Å²) in [5.74, 6) is 0.474. The van der Waals surface area contributed by atoms with Crippen LogP contribution in [0.5, 0.6) is 0 Å². The van der Waals surface area contributed by atoms with Gasteiger partial charge in [-0.3, -0.25) is 0 Å². The first-order valence-corrected chi connectivity index (χ1v) is 8.36. The molecule has 2 rings (SSSR count). The number of hydrogen-bond acceptors (Lipinski definition) is 1. The van der Waals surface area contributed by atoms with Crippen molar-refractivity contribution in [3.8, 4) is 0 Å². The van der Waals surface area contributed by atoms with Crippen LogP contribution in [-0.4, -0.2) is 12.1 Å². The third-order valence-electron chi connectivity index (χ3n) is 4.66. The van der Waals surface area contributed by atoms with Gasteiger partial charge in [0.1, 0.15) is 0 Å². The highest BCUT2D eigenvalue weighted by Gasteiger charge is 2.24. The molecule has 0 bridgehead atoms. The third-order valence-corrected chi connectivity index (χ3v) is 4.66. The smallest absolute Gasteiger partial charge is 0.315 e. The molecule has 116 valence electrons. The largest absolute Gasteiger partial charge is 0.335 e. The monoisotopic (exact) mass is 288 g/mol. The van der Waals surface area contributed by atoms with Gasteiger partial charge in [-0.05, 0) is 24.3 Å². The van der Waals surface area contributed by atoms with Crippen molar-refractivity contribution >= 4 is 6.03 Å². The number of carbonyl (C=O) groups excluding carboxylic acids is 1. The fourth-order valence-electron chi connectivity index (χ4n) is 3.33. The Morgan fingerprint density at radius 3 is 2.33 bits per heavy atom. The molecule has 0 heterocycles. The van der Waals surface area contributed by atoms with E-state index >= 15 is 0 Å². The summed E-state index contributed by atoms with van der Waals surface area (Å²) in [5.41, 5.74) is 1.20. The summed E-state index contributed by atoms with van der Waals surface area (Å²) in [5, 5.41) is 6.34. The molecule has 1 aromatic rings. The summed E-state index contributed by atoms with van der Waals surface area (Å²) in [7, 11) is 0. The average Bonchev–Trinajstić information content (AvgIpc) is 3.01. The highest BCUT2D eigenvalue weighted by atomic mass is 16.2. The van der Waals surface area contributed by atoms with E-state index in [4.69, 9.17) is 0 Å². The van der Waals surface area contributed by atoms with Gasteiger partial charge in [0, 0.05) is 6.04 Å². The van der Waals surface area contributed by atoms with Gasteiger partial charge < -0.3 is 10.6 Å². The lowest BCUT2D eigenvalue weighted by Crippen LogP contribution is -2.44. The molecule has 1 saturated carbocycles. The lowest BCUT2D eigenvalue weighted by atomic mass is 9.89. The molecule has 2 N–H and O–H groups in total. The number of nitrogens with one attached hydrogen (secondary N) is 2. The Hall–Kier alpha value is -1.51. The molecule has 1 fully saturated rings. The van der Waals surface area contributed by atoms with Crippen molar-refractivity contribution in [1.29, 1.82) is 0 Å². The Kier molecular flexibility index (Phi) is 6.09. The fourth-order valence-corrected chi connectivity index (χ4v) is 3.33. The lowest BCUT2D eigenvalue weighted by Gasteiger charge is -2.27. The maximum absolute atomic E-state index is 12.3. The van der Waals surface area contributed by atoms with Crippen LogP contribution in [0.2, 0.25) is 0 Å². The second-order valence-corrected chi connectivity index (χ2v) is 6.06. The Morgan fingerprint density at radius 2 is 1.76 bits per heavy atom. The van der Waals surface area contributed by atoms with Crippen molar-refractivity contribution in [2.45, 2.75) is 64.5 Å². The van der Waals surface area contributed by atoms with E-state index < -0.39 is 0 Å². The maximum Gasteiger partial charge on any atom is 0.315 e. The molecule has 1 atom stereocenters. The van der Waals surface area contributed by atoms with Crippen molar-refractivity contribution < 1.29 is 4.79 Å². The normalized spacial score (nSPS) is 16.9. The molecule has 21 heavy (non-hydrogen) atoms. The van der Waals surface area contributed by atoms with Gasteiger partial charge >= 0.3 is 6.03 Å². The molecule has 0 aliphatic heterocycles. The molecule has 3 heteroatoms. The zero-order chi connectivity index (χ0) is 15.1. The summed E-state index contributed by atoms with van der Waals surface area (Å²) in [6.07, 6.45) is 6.85. The van der Waals surface area contributed by atoms with Crippen molar-refractivity contribution in [3.63, 3.8) is 0 Å². The van der Waals surface area contributed by atoms with Crippen LogP contribution in [0.3, 0.4) is 0 Å². The third kappa shape index (κ3) is 4.48. The highest BCUT2D eigenvalue weighted by molar-refractivity contribution is 5.74. The average molecular weight is 288 g/mol. The summed E-state index contributed by atoms with van der Waals surface area (Å²) >= 11 is 0. The molecule has 0 saturated heterocycles. The number of benzene rings is 1. The quantitative estimate of drug-likeness (QED) is 0.800. The van der Waals surface area contributed by atoms with Crippen LogP contribution < -0.4 is 10.6 Å². The first kappa shape index (κ1) is 15.9. The molecule has 1 aliphatic carbocycles. The van der Waals surface area contributed by atoms with Crippen LogP contribution in [0.25, 0.3) is 0 Å². The minimum atomic E-state index is -0.0114. The number of carbonyl (C=O) groups is 1. The van der Waals surface area contributed by atoms with E-state index in [1.54, 1.807) is 0 Å². The molecule has 0 radical (unpaired) electrons. The summed E-state index contributed by atoms with van der Waals surface area (Å²) < 4.78 is 0. The molecule has 1 aliphatic rings. The minimum absolute atomic E-state index is 0.0114. The van der Waals surface area contributed by atoms with Crippen LogP contribution in [0, 0.1) is 5.92 Å². The summed E-state index contributed by atoms with van der Waals surface area (Å²) in [6, 6.07) is 10.8. The standard InChI is InChI=1S/C18H28N2O/c1-3-14(4-2)17(15-10-6-5-7-11-15)20-18(21)19-16-12-8-9-13-16/h5-7,10-11,14,16-17H,3-4,8-9,12-13H2,1-2H3,(H2,19,20,21)/t17-/m0/s1. The molecule has 0 spiro atoms. The van der Waals surface area contributed by atoms with Gasteiger partial charge in [0.05, 0.1) is 6.04 Å². The number of amides is 2. The van der Waals surface area contributed by atoms with E-state index in [0.29, 0.717) is 12.0 Å². The second-order valence-electron chi connectivity index (χ2n) is 6.06. The van der Waals surface area contributed by atoms with Gasteiger partial charge in [0.25, 0.3) is 0 Å². The molecule has 3 nitrogen and oxygen atoms in total. The van der Waals surface area contributed by atoms with Crippen LogP contribution in [0.15, 0.2) is 30.3 Å². The SMILES string of the molecule is CCC(CC)[C@H](NC(=O)NC1CCCC1)c1ccccc1. The zero-order valence-electron chi connectivity index (χ0n) is 13.3. The Balaban J connectivity index is 2.03. The summed E-state index contributed by atoms with van der Waals surface area (Å²) in [4.78, 5) is 12.3. The fraction of sp³-hybridized carbons (Fsp3) is 0.611. The molecule has 1 aromatic carbocycles. The van der Waals surface area contributed by atoms with Gasteiger partial charge in [-0.15, -0.1) is 0 Å². The van der Waals surface area contributed by atoms with E-state index in [1.807, 2.05) is 18.2 Å². The van der Waals surface area contributed by atoms with Gasteiger partial charge in [0.2, 0.25) is 0 Å². The van der Waals surface area contributed by atoms with Crippen molar-refractivity contribution in [3.05, 3.63) is 35.9 Å². The van der Waals surface area contributed by atoms with Crippen molar-refractivity contribution in [2.75, 3.05) is 0 Å². The molecule has 2 amide bonds. The van der Waals surface area contributed by atoms with E-state index in [9.17, 15) is 4.79 Å². The summed E-state index contributed by atoms with van der Waals surface area (Å²) in [6.45, 7) is 4.39. The Morgan fingerprint density at radius 1 is 1.14 bits per heavy atom. The highest BCUT2D eigenvalue weighted by Crippen LogP contribution is 2.27. The van der Waals surface area contributed by atoms with Gasteiger partial charge in [-0.25, -0.2) is 4.79 Å². The maximum atomic E-state index is 12.3. The zero-order valence-corrected chi connectivity index (χ0v) is 13.3. The van der Waals surface area contributed by atoms with Crippen LogP contribution in [-0.2, 0) is 0 Å². The molecule has 0 unspecified atom stereocenters. The van der Waals surface area contributed by atoms with E-state index in [2.05, 4.69) is 36.6 Å². The lowest BCUT2D eigenvalue weighted by molar-refractivity contribution is 0.225. The van der Waals surface area contributed by atoms with Crippen LogP contribution >= 0.6 is 0 Å². The predicted octanol–water partition coefficient (Wildman–Crippen LogP) is 4.41. The van der Waals surface area contributed by atoms with Crippen LogP contribution in [0.4, 0.5) is 4.79 Å². The Bertz CT molecular complexity index is 422. The first-order valence-electron chi connectivity index (χ1n) is 8.36. The minimum Gasteiger partial charge on any atom is -0.335 e. The number of rotatable bonds is 6. The Labute approximate surface area is 128 Å². The number of hydrogen-bond donors (Lipinski definition) is 2. The topological polar surface area (TPSA) is 41.1 Å². The number of urea groups is 1. The van der Waals surface area contributed by atoms with Gasteiger partial charge in [-0.1, -0.05) is 69.9 Å². The van der Waals surface area contributed by atoms with Crippen molar-refractivity contribution in [1.82, 2.24) is 10.6 Å². The predicted molar refractivity (Wildman–Crippen MR) is 87.2 cm³/mol. The molecule has 0 aromatic heterocycles. The van der Waals surface area contributed by atoms with E-state index in [-0.39, 0.29) is 12.1 Å². The van der Waals surface area contributed by atoms with Gasteiger partial charge in [-0.2, -0.15) is 0 Å².